The van der Waals surface area contributed by atoms with Crippen LogP contribution < -0.4 is 0 Å². The molecule has 5 nitrogen and oxygen atoms in total. The second kappa shape index (κ2) is 8.59. The molecule has 154 valence electrons. The van der Waals surface area contributed by atoms with E-state index < -0.39 is 30.6 Å². The van der Waals surface area contributed by atoms with Gasteiger partial charge in [-0.3, -0.25) is 4.90 Å². The van der Waals surface area contributed by atoms with E-state index in [0.29, 0.717) is 22.6 Å². The first-order chi connectivity index (χ1) is 13.8. The second-order valence-corrected chi connectivity index (χ2v) is 7.33. The molecule has 2 aromatic rings. The van der Waals surface area contributed by atoms with Gasteiger partial charge >= 0.3 is 18.2 Å². The molecular weight excluding hydrogens is 378 g/mol. The van der Waals surface area contributed by atoms with Crippen LogP contribution in [-0.2, 0) is 6.42 Å². The molecule has 1 heterocycles. The molecule has 0 saturated carbocycles. The number of halogens is 2. The number of rotatable bonds is 4. The minimum Gasteiger partial charge on any atom is -0.465 e. The molecule has 1 aliphatic heterocycles. The number of carboxylic acid groups (broad SMARTS) is 1. The Bertz CT molecular complexity index is 856. The summed E-state index contributed by atoms with van der Waals surface area (Å²) in [7, 11) is 0. The zero-order chi connectivity index (χ0) is 21.0. The number of urea groups is 1. The predicted octanol–water partition coefficient (Wildman–Crippen LogP) is 5.46. The molecule has 1 aliphatic rings. The van der Waals surface area contributed by atoms with Crippen molar-refractivity contribution in [3.63, 3.8) is 0 Å². The Labute approximate surface area is 168 Å². The van der Waals surface area contributed by atoms with Gasteiger partial charge in [0.2, 0.25) is 0 Å². The van der Waals surface area contributed by atoms with Crippen molar-refractivity contribution in [3.05, 3.63) is 60.2 Å². The highest BCUT2D eigenvalue weighted by atomic mass is 19.3. The lowest BCUT2D eigenvalue weighted by Gasteiger charge is -2.38. The molecule has 0 spiro atoms. The third-order valence-electron chi connectivity index (χ3n) is 5.18. The molecule has 3 amide bonds. The highest BCUT2D eigenvalue weighted by Gasteiger charge is 2.45. The second-order valence-electron chi connectivity index (χ2n) is 7.33. The summed E-state index contributed by atoms with van der Waals surface area (Å²) >= 11 is 0. The van der Waals surface area contributed by atoms with Crippen molar-refractivity contribution in [2.45, 2.75) is 44.7 Å². The fraction of sp³-hybridized carbons (Fsp3) is 0.364. The van der Waals surface area contributed by atoms with Crippen LogP contribution in [0, 0.1) is 0 Å². The molecule has 1 unspecified atom stereocenters. The number of imide groups is 1. The van der Waals surface area contributed by atoms with Crippen LogP contribution in [-0.4, -0.2) is 45.7 Å². The maximum absolute atomic E-state index is 14.1. The number of alkyl halides is 2. The topological polar surface area (TPSA) is 60.9 Å². The minimum absolute atomic E-state index is 0.145. The molecule has 1 N–H and O–H groups in total. The number of benzene rings is 2. The van der Waals surface area contributed by atoms with Crippen molar-refractivity contribution in [2.75, 3.05) is 6.54 Å². The van der Waals surface area contributed by atoms with E-state index in [0.717, 1.165) is 16.7 Å². The largest absolute Gasteiger partial charge is 0.465 e. The predicted molar refractivity (Wildman–Crippen MR) is 106 cm³/mol. The number of nitrogens with zero attached hydrogens (tertiary/aromatic N) is 2. The first-order valence-corrected chi connectivity index (χ1v) is 9.65. The van der Waals surface area contributed by atoms with Crippen molar-refractivity contribution in [2.24, 2.45) is 0 Å². The molecule has 29 heavy (non-hydrogen) atoms. The lowest BCUT2D eigenvalue weighted by atomic mass is 10.0. The van der Waals surface area contributed by atoms with E-state index in [1.54, 1.807) is 6.92 Å². The number of amides is 3. The van der Waals surface area contributed by atoms with Gasteiger partial charge in [-0.05, 0) is 42.9 Å². The molecule has 0 bridgehead atoms. The van der Waals surface area contributed by atoms with Gasteiger partial charge in [0.15, 0.2) is 0 Å². The normalized spacial score (nSPS) is 16.9. The van der Waals surface area contributed by atoms with Crippen LogP contribution in [0.5, 0.6) is 0 Å². The van der Waals surface area contributed by atoms with Crippen molar-refractivity contribution in [3.8, 4) is 11.1 Å². The van der Waals surface area contributed by atoms with Crippen LogP contribution in [0.2, 0.25) is 0 Å². The van der Waals surface area contributed by atoms with Gasteiger partial charge in [-0.15, -0.1) is 0 Å². The third kappa shape index (κ3) is 4.72. The Hall–Kier alpha value is -2.96. The minimum atomic E-state index is -3.32. The molecule has 7 heteroatoms. The first kappa shape index (κ1) is 20.8. The summed E-state index contributed by atoms with van der Waals surface area (Å²) in [6, 6.07) is 12.1. The molecule has 0 radical (unpaired) electrons. The fourth-order valence-corrected chi connectivity index (χ4v) is 3.63. The lowest BCUT2D eigenvalue weighted by Crippen LogP contribution is -2.57. The Morgan fingerprint density at radius 3 is 2.28 bits per heavy atom. The maximum atomic E-state index is 14.1. The Kier molecular flexibility index (Phi) is 6.15. The van der Waals surface area contributed by atoms with Gasteiger partial charge in [-0.25, -0.2) is 14.5 Å². The summed E-state index contributed by atoms with van der Waals surface area (Å²) < 4.78 is 28.2. The summed E-state index contributed by atoms with van der Waals surface area (Å²) in [5.41, 5.74) is 2.89. The highest BCUT2D eigenvalue weighted by molar-refractivity contribution is 5.90. The number of hydrogen-bond acceptors (Lipinski definition) is 2. The van der Waals surface area contributed by atoms with E-state index in [-0.39, 0.29) is 13.0 Å². The molecule has 1 atom stereocenters. The van der Waals surface area contributed by atoms with Gasteiger partial charge in [-0.2, -0.15) is 8.78 Å². The van der Waals surface area contributed by atoms with Crippen molar-refractivity contribution >= 4 is 12.1 Å². The van der Waals surface area contributed by atoms with Gasteiger partial charge in [0.05, 0.1) is 0 Å². The fourth-order valence-electron chi connectivity index (χ4n) is 3.63. The van der Waals surface area contributed by atoms with E-state index in [1.807, 2.05) is 54.6 Å². The van der Waals surface area contributed by atoms with E-state index in [2.05, 4.69) is 0 Å². The van der Waals surface area contributed by atoms with Crippen LogP contribution in [0.4, 0.5) is 18.4 Å². The smallest absolute Gasteiger partial charge is 0.415 e. The molecule has 1 saturated heterocycles. The van der Waals surface area contributed by atoms with Gasteiger partial charge in [0, 0.05) is 19.0 Å². The van der Waals surface area contributed by atoms with E-state index in [4.69, 9.17) is 0 Å². The monoisotopic (exact) mass is 402 g/mol. The van der Waals surface area contributed by atoms with Crippen LogP contribution in [0.25, 0.3) is 11.1 Å². The number of piperidine rings is 1. The summed E-state index contributed by atoms with van der Waals surface area (Å²) in [5.74, 6) is 0. The molecular formula is C22H24F2N2O3. The van der Waals surface area contributed by atoms with Crippen LogP contribution >= 0.6 is 0 Å². The number of likely N-dealkylation sites (tertiary alicyclic amines) is 1. The molecule has 2 aromatic carbocycles. The molecule has 0 aromatic heterocycles. The van der Waals surface area contributed by atoms with Gasteiger partial charge in [0.1, 0.15) is 0 Å². The van der Waals surface area contributed by atoms with Crippen LogP contribution in [0.3, 0.4) is 0 Å². The zero-order valence-electron chi connectivity index (χ0n) is 16.2. The zero-order valence-corrected chi connectivity index (χ0v) is 16.2. The van der Waals surface area contributed by atoms with Crippen LogP contribution in [0.15, 0.2) is 54.6 Å². The number of hydrogen-bond donors (Lipinski definition) is 1. The number of carbonyl (C=O) groups is 2. The van der Waals surface area contributed by atoms with Gasteiger partial charge in [-0.1, -0.05) is 54.6 Å². The quantitative estimate of drug-likeness (QED) is 0.691. The SMILES string of the molecule is CC(Cc1ccc(-c2ccccc2)cc1)N(C(=O)O)C(=O)N1CCCCC1(F)F. The van der Waals surface area contributed by atoms with E-state index in [1.165, 1.54) is 0 Å². The van der Waals surface area contributed by atoms with E-state index in [9.17, 15) is 23.5 Å². The Balaban J connectivity index is 1.73. The first-order valence-electron chi connectivity index (χ1n) is 9.65. The third-order valence-corrected chi connectivity index (χ3v) is 5.18. The number of carbonyl (C=O) groups excluding carboxylic acids is 1. The average Bonchev–Trinajstić information content (AvgIpc) is 2.68. The summed E-state index contributed by atoms with van der Waals surface area (Å²) in [4.78, 5) is 25.2. The van der Waals surface area contributed by atoms with Crippen molar-refractivity contribution in [1.29, 1.82) is 0 Å². The summed E-state index contributed by atoms with van der Waals surface area (Å²) in [5, 5.41) is 9.52. The van der Waals surface area contributed by atoms with Crippen LogP contribution in [0.1, 0.15) is 31.7 Å². The highest BCUT2D eigenvalue weighted by Crippen LogP contribution is 2.32. The summed E-state index contributed by atoms with van der Waals surface area (Å²) in [6.07, 6.45) is -0.976. The lowest BCUT2D eigenvalue weighted by molar-refractivity contribution is -0.145. The molecule has 3 rings (SSSR count). The standard InChI is InChI=1S/C22H24F2N2O3/c1-16(15-17-9-11-19(12-10-17)18-7-3-2-4-8-18)26(21(28)29)20(27)25-14-6-5-13-22(25,23)24/h2-4,7-12,16H,5-6,13-15H2,1H3,(H,28,29). The Morgan fingerprint density at radius 2 is 1.69 bits per heavy atom. The van der Waals surface area contributed by atoms with E-state index >= 15 is 0 Å². The molecule has 1 fully saturated rings. The molecule has 0 aliphatic carbocycles. The van der Waals surface area contributed by atoms with Gasteiger partial charge < -0.3 is 5.11 Å². The van der Waals surface area contributed by atoms with Gasteiger partial charge in [0.25, 0.3) is 0 Å². The average molecular weight is 402 g/mol. The summed E-state index contributed by atoms with van der Waals surface area (Å²) in [6.45, 7) is 1.41. The van der Waals surface area contributed by atoms with Crippen molar-refractivity contribution < 1.29 is 23.5 Å². The Morgan fingerprint density at radius 1 is 1.07 bits per heavy atom. The van der Waals surface area contributed by atoms with Crippen molar-refractivity contribution in [1.82, 2.24) is 9.80 Å². The maximum Gasteiger partial charge on any atom is 0.415 e.